The van der Waals surface area contributed by atoms with Gasteiger partial charge in [-0.3, -0.25) is 0 Å². The Morgan fingerprint density at radius 1 is 1.22 bits per heavy atom. The van der Waals surface area contributed by atoms with E-state index in [1.807, 2.05) is 0 Å². The van der Waals surface area contributed by atoms with Crippen LogP contribution in [0.4, 0.5) is 8.78 Å². The monoisotopic (exact) mass is 266 g/mol. The molecule has 0 radical (unpaired) electrons. The minimum Gasteiger partial charge on any atom is -0.452 e. The summed E-state index contributed by atoms with van der Waals surface area (Å²) in [6.07, 6.45) is 1.49. The van der Waals surface area contributed by atoms with Crippen LogP contribution in [0.1, 0.15) is 5.69 Å². The zero-order valence-electron chi connectivity index (χ0n) is 9.06. The molecule has 92 valence electrons. The summed E-state index contributed by atoms with van der Waals surface area (Å²) in [7, 11) is 0. The number of nitrogens with zero attached hydrogens (tertiary/aromatic N) is 1. The molecule has 18 heavy (non-hydrogen) atoms. The first-order chi connectivity index (χ1) is 8.58. The predicted molar refractivity (Wildman–Crippen MR) is 66.6 cm³/mol. The molecule has 0 bridgehead atoms. The van der Waals surface area contributed by atoms with E-state index in [0.29, 0.717) is 0 Å². The summed E-state index contributed by atoms with van der Waals surface area (Å²) in [4.78, 5) is 3.97. The number of halogens is 2. The number of rotatable bonds is 3. The van der Waals surface area contributed by atoms with E-state index in [0.717, 1.165) is 12.1 Å². The topological polar surface area (TPSA) is 48.1 Å². The van der Waals surface area contributed by atoms with Crippen LogP contribution in [0.3, 0.4) is 0 Å². The molecule has 0 unspecified atom stereocenters. The molecular formula is C12H8F2N2OS. The van der Waals surface area contributed by atoms with Crippen molar-refractivity contribution in [2.24, 2.45) is 5.73 Å². The summed E-state index contributed by atoms with van der Waals surface area (Å²) in [5, 5.41) is 0. The van der Waals surface area contributed by atoms with E-state index in [-0.39, 0.29) is 22.2 Å². The molecule has 2 aromatic rings. The van der Waals surface area contributed by atoms with Gasteiger partial charge in [-0.2, -0.15) is 0 Å². The maximum atomic E-state index is 13.4. The SMILES string of the molecule is NC(=S)c1ncccc1Oc1ccc(F)cc1F. The summed E-state index contributed by atoms with van der Waals surface area (Å²) < 4.78 is 31.4. The third kappa shape index (κ3) is 2.60. The Labute approximate surface area is 107 Å². The van der Waals surface area contributed by atoms with Gasteiger partial charge in [-0.15, -0.1) is 0 Å². The molecule has 0 saturated heterocycles. The van der Waals surface area contributed by atoms with Gasteiger partial charge in [0, 0.05) is 12.3 Å². The van der Waals surface area contributed by atoms with Crippen molar-refractivity contribution in [2.45, 2.75) is 0 Å². The van der Waals surface area contributed by atoms with Crippen molar-refractivity contribution in [2.75, 3.05) is 0 Å². The van der Waals surface area contributed by atoms with Gasteiger partial charge in [0.05, 0.1) is 0 Å². The molecule has 0 saturated carbocycles. The second-order valence-electron chi connectivity index (χ2n) is 3.39. The Morgan fingerprint density at radius 3 is 2.67 bits per heavy atom. The smallest absolute Gasteiger partial charge is 0.168 e. The lowest BCUT2D eigenvalue weighted by molar-refractivity contribution is 0.435. The highest BCUT2D eigenvalue weighted by Gasteiger charge is 2.11. The molecule has 6 heteroatoms. The molecule has 1 aromatic carbocycles. The minimum absolute atomic E-state index is 0.0353. The number of nitrogens with two attached hydrogens (primary N) is 1. The number of thiocarbonyl (C=S) groups is 1. The molecule has 1 heterocycles. The third-order valence-corrected chi connectivity index (χ3v) is 2.31. The fourth-order valence-corrected chi connectivity index (χ4v) is 1.49. The van der Waals surface area contributed by atoms with Crippen molar-refractivity contribution in [1.29, 1.82) is 0 Å². The highest BCUT2D eigenvalue weighted by atomic mass is 32.1. The summed E-state index contributed by atoms with van der Waals surface area (Å²) in [6, 6.07) is 6.14. The first-order valence-corrected chi connectivity index (χ1v) is 5.36. The van der Waals surface area contributed by atoms with Crippen LogP contribution in [0.5, 0.6) is 11.5 Å². The lowest BCUT2D eigenvalue weighted by Gasteiger charge is -2.09. The maximum absolute atomic E-state index is 13.4. The van der Waals surface area contributed by atoms with Gasteiger partial charge in [0.2, 0.25) is 0 Å². The van der Waals surface area contributed by atoms with Gasteiger partial charge < -0.3 is 10.5 Å². The molecule has 2 N–H and O–H groups in total. The average molecular weight is 266 g/mol. The molecule has 3 nitrogen and oxygen atoms in total. The lowest BCUT2D eigenvalue weighted by Crippen LogP contribution is -2.12. The van der Waals surface area contributed by atoms with E-state index < -0.39 is 11.6 Å². The molecule has 0 aliphatic heterocycles. The number of hydrogen-bond acceptors (Lipinski definition) is 3. The first kappa shape index (κ1) is 12.4. The van der Waals surface area contributed by atoms with Gasteiger partial charge in [0.25, 0.3) is 0 Å². The Morgan fingerprint density at radius 2 is 2.00 bits per heavy atom. The molecule has 0 atom stereocenters. The van der Waals surface area contributed by atoms with Crippen molar-refractivity contribution in [3.8, 4) is 11.5 Å². The quantitative estimate of drug-likeness (QED) is 0.868. The van der Waals surface area contributed by atoms with E-state index in [2.05, 4.69) is 4.98 Å². The summed E-state index contributed by atoms with van der Waals surface area (Å²) in [5.74, 6) is -1.40. The van der Waals surface area contributed by atoms with Crippen LogP contribution in [0.2, 0.25) is 0 Å². The van der Waals surface area contributed by atoms with Gasteiger partial charge >= 0.3 is 0 Å². The van der Waals surface area contributed by atoms with Gasteiger partial charge in [-0.1, -0.05) is 12.2 Å². The van der Waals surface area contributed by atoms with Gasteiger partial charge in [0.1, 0.15) is 16.5 Å². The zero-order valence-corrected chi connectivity index (χ0v) is 9.88. The van der Waals surface area contributed by atoms with E-state index in [4.69, 9.17) is 22.7 Å². The minimum atomic E-state index is -0.812. The van der Waals surface area contributed by atoms with Crippen molar-refractivity contribution < 1.29 is 13.5 Å². The van der Waals surface area contributed by atoms with Crippen molar-refractivity contribution in [1.82, 2.24) is 4.98 Å². The van der Waals surface area contributed by atoms with Gasteiger partial charge in [0.15, 0.2) is 17.3 Å². The normalized spacial score (nSPS) is 10.1. The standard InChI is InChI=1S/C12H8F2N2OS/c13-7-3-4-9(8(14)6-7)17-10-2-1-5-16-11(10)12(15)18/h1-6H,(H2,15,18). The number of pyridine rings is 1. The van der Waals surface area contributed by atoms with Crippen molar-refractivity contribution >= 4 is 17.2 Å². The summed E-state index contributed by atoms with van der Waals surface area (Å²) in [5.41, 5.74) is 5.71. The second-order valence-corrected chi connectivity index (χ2v) is 3.83. The van der Waals surface area contributed by atoms with Crippen LogP contribution in [0.25, 0.3) is 0 Å². The van der Waals surface area contributed by atoms with Crippen LogP contribution in [0.15, 0.2) is 36.5 Å². The zero-order chi connectivity index (χ0) is 13.1. The third-order valence-electron chi connectivity index (χ3n) is 2.12. The fraction of sp³-hybridized carbons (Fsp3) is 0. The molecule has 0 amide bonds. The Kier molecular flexibility index (Phi) is 3.47. The maximum Gasteiger partial charge on any atom is 0.168 e. The Bertz CT molecular complexity index is 604. The lowest BCUT2D eigenvalue weighted by atomic mass is 10.3. The molecule has 1 aromatic heterocycles. The van der Waals surface area contributed by atoms with Gasteiger partial charge in [-0.25, -0.2) is 13.8 Å². The molecule has 0 spiro atoms. The largest absolute Gasteiger partial charge is 0.452 e. The molecule has 0 fully saturated rings. The first-order valence-electron chi connectivity index (χ1n) is 4.95. The van der Waals surface area contributed by atoms with E-state index in [9.17, 15) is 8.78 Å². The van der Waals surface area contributed by atoms with Crippen LogP contribution < -0.4 is 10.5 Å². The van der Waals surface area contributed by atoms with Crippen LogP contribution in [-0.2, 0) is 0 Å². The van der Waals surface area contributed by atoms with Gasteiger partial charge in [-0.05, 0) is 24.3 Å². The number of ether oxygens (including phenoxy) is 1. The molecule has 0 aliphatic rings. The fourth-order valence-electron chi connectivity index (χ4n) is 1.33. The van der Waals surface area contributed by atoms with Crippen LogP contribution in [0, 0.1) is 11.6 Å². The average Bonchev–Trinajstić information content (AvgIpc) is 2.33. The highest BCUT2D eigenvalue weighted by molar-refractivity contribution is 7.80. The predicted octanol–water partition coefficient (Wildman–Crippen LogP) is 2.79. The van der Waals surface area contributed by atoms with E-state index >= 15 is 0 Å². The number of aromatic nitrogens is 1. The highest BCUT2D eigenvalue weighted by Crippen LogP contribution is 2.26. The number of benzene rings is 1. The summed E-state index contributed by atoms with van der Waals surface area (Å²) >= 11 is 4.80. The Hall–Kier alpha value is -2.08. The number of hydrogen-bond donors (Lipinski definition) is 1. The van der Waals surface area contributed by atoms with Crippen molar-refractivity contribution in [3.63, 3.8) is 0 Å². The van der Waals surface area contributed by atoms with Crippen LogP contribution >= 0.6 is 12.2 Å². The molecule has 2 rings (SSSR count). The Balaban J connectivity index is 2.37. The summed E-state index contributed by atoms with van der Waals surface area (Å²) in [6.45, 7) is 0. The second kappa shape index (κ2) is 5.05. The van der Waals surface area contributed by atoms with E-state index in [1.54, 1.807) is 12.1 Å². The molecular weight excluding hydrogens is 258 g/mol. The van der Waals surface area contributed by atoms with Crippen LogP contribution in [-0.4, -0.2) is 9.97 Å². The molecule has 0 aliphatic carbocycles. The van der Waals surface area contributed by atoms with E-state index in [1.165, 1.54) is 12.3 Å². The van der Waals surface area contributed by atoms with Crippen molar-refractivity contribution in [3.05, 3.63) is 53.9 Å².